The molecule has 1 aromatic heterocycles. The van der Waals surface area contributed by atoms with E-state index in [1.54, 1.807) is 9.80 Å². The average Bonchev–Trinajstić information content (AvgIpc) is 3.33. The Labute approximate surface area is 166 Å². The Morgan fingerprint density at radius 3 is 2.59 bits per heavy atom. The van der Waals surface area contributed by atoms with Crippen LogP contribution in [0.1, 0.15) is 41.9 Å². The zero-order valence-electron chi connectivity index (χ0n) is 15.9. The van der Waals surface area contributed by atoms with Crippen molar-refractivity contribution in [2.24, 2.45) is 0 Å². The zero-order valence-corrected chi connectivity index (χ0v) is 15.9. The number of cyclic esters (lactones) is 1. The van der Waals surface area contributed by atoms with Crippen LogP contribution in [0.2, 0.25) is 0 Å². The fourth-order valence-corrected chi connectivity index (χ4v) is 4.07. The molecule has 2 atom stereocenters. The van der Waals surface area contributed by atoms with Crippen LogP contribution in [0.15, 0.2) is 36.4 Å². The van der Waals surface area contributed by atoms with E-state index in [2.05, 4.69) is 10.2 Å². The summed E-state index contributed by atoms with van der Waals surface area (Å²) in [5.41, 5.74) is 0.983. The number of ether oxygens (including phenoxy) is 1. The predicted octanol–water partition coefficient (Wildman–Crippen LogP) is 2.50. The Hall–Kier alpha value is -3.43. The van der Waals surface area contributed by atoms with Crippen molar-refractivity contribution in [2.75, 3.05) is 13.1 Å². The Balaban J connectivity index is 1.39. The summed E-state index contributed by atoms with van der Waals surface area (Å²) in [6, 6.07) is 10.7. The van der Waals surface area contributed by atoms with Gasteiger partial charge in [0.05, 0.1) is 12.1 Å². The number of aromatic nitrogens is 2. The number of piperidine rings is 1. The predicted molar refractivity (Wildman–Crippen MR) is 101 cm³/mol. The number of carbonyl (C=O) groups excluding carboxylic acids is 2. The minimum absolute atomic E-state index is 0.0215. The number of nitro groups is 1. The molecule has 2 fully saturated rings. The third kappa shape index (κ3) is 3.53. The number of nitrogens with zero attached hydrogens (tertiary/aromatic N) is 4. The largest absolute Gasteiger partial charge is 0.439 e. The highest BCUT2D eigenvalue weighted by Crippen LogP contribution is 2.35. The summed E-state index contributed by atoms with van der Waals surface area (Å²) in [5.74, 6) is -0.671. The molecular weight excluding hydrogens is 378 g/mol. The first-order chi connectivity index (χ1) is 14.0. The number of hydrogen-bond acceptors (Lipinski definition) is 6. The number of likely N-dealkylation sites (tertiary alicyclic amines) is 1. The molecule has 1 aromatic carbocycles. The summed E-state index contributed by atoms with van der Waals surface area (Å²) in [5, 5.41) is 16.7. The van der Waals surface area contributed by atoms with Gasteiger partial charge in [0.15, 0.2) is 5.69 Å². The van der Waals surface area contributed by atoms with Crippen molar-refractivity contribution in [1.29, 1.82) is 0 Å². The van der Waals surface area contributed by atoms with Gasteiger partial charge in [0.25, 0.3) is 5.91 Å². The molecule has 0 unspecified atom stereocenters. The third-order valence-electron chi connectivity index (χ3n) is 5.57. The molecule has 2 aromatic rings. The molecule has 0 spiro atoms. The van der Waals surface area contributed by atoms with E-state index in [0.29, 0.717) is 25.9 Å². The second-order valence-electron chi connectivity index (χ2n) is 7.28. The summed E-state index contributed by atoms with van der Waals surface area (Å²) in [6.07, 6.45) is 0.574. The van der Waals surface area contributed by atoms with Gasteiger partial charge < -0.3 is 19.8 Å². The molecule has 0 saturated carbocycles. The standard InChI is InChI=1S/C19H21N5O5/c1-12-17(13-5-3-2-4-6-13)29-19(26)23(12)14-7-9-22(10-8-14)18(25)15-11-16(21-20-15)24(27)28/h2-6,11-12,14,17H,7-10H2,1H3,(H,20,21)/t12-,17-/m1/s1. The van der Waals surface area contributed by atoms with E-state index >= 15 is 0 Å². The van der Waals surface area contributed by atoms with Crippen LogP contribution in [0.5, 0.6) is 0 Å². The van der Waals surface area contributed by atoms with Gasteiger partial charge in [0.1, 0.15) is 6.10 Å². The molecule has 1 N–H and O–H groups in total. The number of hydrogen-bond donors (Lipinski definition) is 1. The highest BCUT2D eigenvalue weighted by molar-refractivity contribution is 5.92. The molecule has 10 nitrogen and oxygen atoms in total. The van der Waals surface area contributed by atoms with E-state index in [4.69, 9.17) is 4.74 Å². The quantitative estimate of drug-likeness (QED) is 0.623. The van der Waals surface area contributed by atoms with Crippen LogP contribution in [-0.2, 0) is 4.74 Å². The molecular formula is C19H21N5O5. The zero-order chi connectivity index (χ0) is 20.5. The van der Waals surface area contributed by atoms with Crippen molar-refractivity contribution < 1.29 is 19.2 Å². The summed E-state index contributed by atoms with van der Waals surface area (Å²) in [7, 11) is 0. The lowest BCUT2D eigenvalue weighted by Gasteiger charge is -2.37. The van der Waals surface area contributed by atoms with E-state index < -0.39 is 4.92 Å². The van der Waals surface area contributed by atoms with Crippen molar-refractivity contribution in [3.05, 3.63) is 57.8 Å². The highest BCUT2D eigenvalue weighted by Gasteiger charge is 2.44. The Kier molecular flexibility index (Phi) is 4.91. The molecule has 29 heavy (non-hydrogen) atoms. The van der Waals surface area contributed by atoms with E-state index in [-0.39, 0.29) is 41.7 Å². The number of rotatable bonds is 4. The molecule has 4 rings (SSSR count). The first-order valence-electron chi connectivity index (χ1n) is 9.48. The smallest absolute Gasteiger partial charge is 0.411 e. The number of nitrogens with one attached hydrogen (secondary N) is 1. The van der Waals surface area contributed by atoms with E-state index in [0.717, 1.165) is 11.6 Å². The number of amides is 2. The number of carbonyl (C=O) groups is 2. The van der Waals surface area contributed by atoms with Crippen LogP contribution < -0.4 is 0 Å². The van der Waals surface area contributed by atoms with Crippen LogP contribution in [-0.4, -0.2) is 62.1 Å². The lowest BCUT2D eigenvalue weighted by Crippen LogP contribution is -2.49. The lowest BCUT2D eigenvalue weighted by molar-refractivity contribution is -0.389. The van der Waals surface area contributed by atoms with Crippen LogP contribution in [0, 0.1) is 10.1 Å². The van der Waals surface area contributed by atoms with Crippen molar-refractivity contribution >= 4 is 17.8 Å². The first kappa shape index (κ1) is 18.9. The van der Waals surface area contributed by atoms with Gasteiger partial charge in [0, 0.05) is 19.1 Å². The maximum Gasteiger partial charge on any atom is 0.411 e. The van der Waals surface area contributed by atoms with Crippen molar-refractivity contribution in [3.63, 3.8) is 0 Å². The fourth-order valence-electron chi connectivity index (χ4n) is 4.07. The number of benzene rings is 1. The topological polar surface area (TPSA) is 122 Å². The fraction of sp³-hybridized carbons (Fsp3) is 0.421. The van der Waals surface area contributed by atoms with E-state index in [1.807, 2.05) is 37.3 Å². The molecule has 2 amide bonds. The summed E-state index contributed by atoms with van der Waals surface area (Å²) in [6.45, 7) is 2.86. The summed E-state index contributed by atoms with van der Waals surface area (Å²) in [4.78, 5) is 38.6. The van der Waals surface area contributed by atoms with Crippen LogP contribution in [0.3, 0.4) is 0 Å². The van der Waals surface area contributed by atoms with Crippen LogP contribution in [0.4, 0.5) is 10.6 Å². The van der Waals surface area contributed by atoms with Gasteiger partial charge in [-0.15, -0.1) is 5.10 Å². The van der Waals surface area contributed by atoms with Gasteiger partial charge >= 0.3 is 11.9 Å². The Morgan fingerprint density at radius 2 is 1.97 bits per heavy atom. The molecule has 2 aliphatic heterocycles. The van der Waals surface area contributed by atoms with E-state index in [9.17, 15) is 19.7 Å². The minimum atomic E-state index is -0.625. The monoisotopic (exact) mass is 399 g/mol. The minimum Gasteiger partial charge on any atom is -0.439 e. The SMILES string of the molecule is C[C@@H]1[C@H](c2ccccc2)OC(=O)N1C1CCN(C(=O)c2cc([N+](=O)[O-])[nH]n2)CC1. The maximum atomic E-state index is 12.5. The number of aromatic amines is 1. The molecule has 0 bridgehead atoms. The van der Waals surface area contributed by atoms with Gasteiger partial charge in [-0.1, -0.05) is 35.4 Å². The Morgan fingerprint density at radius 1 is 1.28 bits per heavy atom. The maximum absolute atomic E-state index is 12.5. The Bertz CT molecular complexity index is 922. The van der Waals surface area contributed by atoms with Crippen LogP contribution >= 0.6 is 0 Å². The molecule has 3 heterocycles. The molecule has 152 valence electrons. The lowest BCUT2D eigenvalue weighted by atomic mass is 9.98. The van der Waals surface area contributed by atoms with Gasteiger partial charge in [-0.25, -0.2) is 4.79 Å². The summed E-state index contributed by atoms with van der Waals surface area (Å²) < 4.78 is 5.62. The van der Waals surface area contributed by atoms with Gasteiger partial charge in [-0.3, -0.25) is 9.69 Å². The number of H-pyrrole nitrogens is 1. The average molecular weight is 399 g/mol. The first-order valence-corrected chi connectivity index (χ1v) is 9.48. The molecule has 2 aliphatic rings. The van der Waals surface area contributed by atoms with Crippen molar-refractivity contribution in [2.45, 2.75) is 38.0 Å². The molecule has 10 heteroatoms. The highest BCUT2D eigenvalue weighted by atomic mass is 16.6. The van der Waals surface area contributed by atoms with Crippen LogP contribution in [0.25, 0.3) is 0 Å². The van der Waals surface area contributed by atoms with Gasteiger partial charge in [-0.2, -0.15) is 0 Å². The van der Waals surface area contributed by atoms with E-state index in [1.165, 1.54) is 0 Å². The summed E-state index contributed by atoms with van der Waals surface area (Å²) >= 11 is 0. The van der Waals surface area contributed by atoms with Crippen molar-refractivity contribution in [1.82, 2.24) is 20.0 Å². The molecule has 0 radical (unpaired) electrons. The molecule has 0 aliphatic carbocycles. The molecule has 2 saturated heterocycles. The second kappa shape index (κ2) is 7.53. The normalized spacial score (nSPS) is 22.6. The van der Waals surface area contributed by atoms with Gasteiger partial charge in [0.2, 0.25) is 0 Å². The second-order valence-corrected chi connectivity index (χ2v) is 7.28. The van der Waals surface area contributed by atoms with Crippen molar-refractivity contribution in [3.8, 4) is 0 Å². The third-order valence-corrected chi connectivity index (χ3v) is 5.57. The van der Waals surface area contributed by atoms with Gasteiger partial charge in [-0.05, 0) is 30.3 Å².